The van der Waals surface area contributed by atoms with Crippen molar-refractivity contribution in [3.63, 3.8) is 0 Å². The van der Waals surface area contributed by atoms with Crippen molar-refractivity contribution in [2.75, 3.05) is 27.2 Å². The molecule has 0 bridgehead atoms. The lowest BCUT2D eigenvalue weighted by molar-refractivity contribution is 0.275. The van der Waals surface area contributed by atoms with Gasteiger partial charge in [-0.1, -0.05) is 60.7 Å². The predicted molar refractivity (Wildman–Crippen MR) is 143 cm³/mol. The van der Waals surface area contributed by atoms with Gasteiger partial charge in [0.25, 0.3) is 0 Å². The van der Waals surface area contributed by atoms with Crippen molar-refractivity contribution in [1.29, 1.82) is 0 Å². The van der Waals surface area contributed by atoms with Gasteiger partial charge in [0.1, 0.15) is 5.75 Å². The zero-order valence-electron chi connectivity index (χ0n) is 20.5. The molecule has 1 aliphatic heterocycles. The molecule has 0 aromatic heterocycles. The Morgan fingerprint density at radius 3 is 2.59 bits per heavy atom. The standard InChI is InChI=1S/C30H36N2O.ClH/c1-31(20-26-10-6-12-29-28(26)11-7-13-30(29)33-2)17-16-23-14-15-25-21-32(22-27(25)18-23)19-24-8-4-3-5-9-24;/h3-5,7-9,11,13-15,18,26H,6,10,12,16-17,19-22H2,1-2H3;1H. The Bertz CT molecular complexity index is 1080. The Balaban J connectivity index is 0.00000274. The maximum Gasteiger partial charge on any atom is 0.122 e. The molecule has 0 radical (unpaired) electrons. The average Bonchev–Trinajstić information content (AvgIpc) is 3.24. The van der Waals surface area contributed by atoms with Crippen LogP contribution >= 0.6 is 12.4 Å². The van der Waals surface area contributed by atoms with Gasteiger partial charge in [-0.15, -0.1) is 12.4 Å². The Labute approximate surface area is 211 Å². The van der Waals surface area contributed by atoms with E-state index in [9.17, 15) is 0 Å². The number of halogens is 1. The monoisotopic (exact) mass is 476 g/mol. The van der Waals surface area contributed by atoms with Crippen molar-refractivity contribution >= 4 is 12.4 Å². The van der Waals surface area contributed by atoms with Gasteiger partial charge < -0.3 is 9.64 Å². The molecule has 0 fully saturated rings. The van der Waals surface area contributed by atoms with Gasteiger partial charge in [-0.05, 0) is 78.1 Å². The number of rotatable bonds is 8. The highest BCUT2D eigenvalue weighted by Gasteiger charge is 2.24. The van der Waals surface area contributed by atoms with Crippen LogP contribution in [0.2, 0.25) is 0 Å². The molecule has 180 valence electrons. The van der Waals surface area contributed by atoms with Gasteiger partial charge in [-0.3, -0.25) is 4.90 Å². The Morgan fingerprint density at radius 2 is 1.76 bits per heavy atom. The van der Waals surface area contributed by atoms with Crippen molar-refractivity contribution in [2.45, 2.75) is 51.2 Å². The van der Waals surface area contributed by atoms with E-state index < -0.39 is 0 Å². The first-order valence-corrected chi connectivity index (χ1v) is 12.4. The third-order valence-corrected chi connectivity index (χ3v) is 7.43. The maximum absolute atomic E-state index is 5.63. The van der Waals surface area contributed by atoms with Gasteiger partial charge in [0.2, 0.25) is 0 Å². The number of hydrogen-bond acceptors (Lipinski definition) is 3. The van der Waals surface area contributed by atoms with Gasteiger partial charge in [0.05, 0.1) is 7.11 Å². The Morgan fingerprint density at radius 1 is 0.941 bits per heavy atom. The summed E-state index contributed by atoms with van der Waals surface area (Å²) in [5, 5.41) is 0. The second kappa shape index (κ2) is 11.4. The number of ether oxygens (including phenoxy) is 1. The van der Waals surface area contributed by atoms with Crippen LogP contribution in [0.1, 0.15) is 52.1 Å². The van der Waals surface area contributed by atoms with Crippen LogP contribution in [0.5, 0.6) is 5.75 Å². The SMILES string of the molecule is COc1cccc2c1CCCC2CN(C)CCc1ccc2c(c1)CN(Cc1ccccc1)C2.Cl. The quantitative estimate of drug-likeness (QED) is 0.383. The lowest BCUT2D eigenvalue weighted by Gasteiger charge is -2.30. The third kappa shape index (κ3) is 5.66. The molecule has 1 atom stereocenters. The van der Waals surface area contributed by atoms with Crippen LogP contribution in [-0.4, -0.2) is 37.0 Å². The number of likely N-dealkylation sites (N-methyl/N-ethyl adjacent to an activating group) is 1. The van der Waals surface area contributed by atoms with E-state index in [1.807, 2.05) is 0 Å². The minimum atomic E-state index is 0. The van der Waals surface area contributed by atoms with Crippen molar-refractivity contribution in [2.24, 2.45) is 0 Å². The smallest absolute Gasteiger partial charge is 0.122 e. The van der Waals surface area contributed by atoms with Crippen molar-refractivity contribution in [3.05, 3.63) is 100 Å². The minimum absolute atomic E-state index is 0. The summed E-state index contributed by atoms with van der Waals surface area (Å²) in [6, 6.07) is 24.6. The number of methoxy groups -OCH3 is 1. The Kier molecular flexibility index (Phi) is 8.31. The molecule has 1 heterocycles. The highest BCUT2D eigenvalue weighted by atomic mass is 35.5. The summed E-state index contributed by atoms with van der Waals surface area (Å²) in [6.07, 6.45) is 4.80. The molecule has 0 amide bonds. The fourth-order valence-electron chi connectivity index (χ4n) is 5.71. The Hall–Kier alpha value is -2.33. The van der Waals surface area contributed by atoms with Crippen LogP contribution < -0.4 is 4.74 Å². The van der Waals surface area contributed by atoms with Crippen molar-refractivity contribution in [1.82, 2.24) is 9.80 Å². The van der Waals surface area contributed by atoms with E-state index in [1.54, 1.807) is 7.11 Å². The van der Waals surface area contributed by atoms with Crippen LogP contribution in [0, 0.1) is 0 Å². The highest BCUT2D eigenvalue weighted by Crippen LogP contribution is 2.37. The third-order valence-electron chi connectivity index (χ3n) is 7.43. The van der Waals surface area contributed by atoms with Crippen LogP contribution in [-0.2, 0) is 32.5 Å². The topological polar surface area (TPSA) is 15.7 Å². The zero-order chi connectivity index (χ0) is 22.6. The molecule has 1 aliphatic carbocycles. The van der Waals surface area contributed by atoms with Gasteiger partial charge >= 0.3 is 0 Å². The summed E-state index contributed by atoms with van der Waals surface area (Å²) in [5.74, 6) is 1.68. The summed E-state index contributed by atoms with van der Waals surface area (Å²) < 4.78 is 5.63. The zero-order valence-corrected chi connectivity index (χ0v) is 21.3. The summed E-state index contributed by atoms with van der Waals surface area (Å²) in [7, 11) is 4.08. The normalized spacial score (nSPS) is 17.2. The molecule has 0 saturated carbocycles. The largest absolute Gasteiger partial charge is 0.496 e. The second-order valence-corrected chi connectivity index (χ2v) is 9.86. The van der Waals surface area contributed by atoms with Gasteiger partial charge in [-0.25, -0.2) is 0 Å². The number of hydrogen-bond donors (Lipinski definition) is 0. The molecule has 3 nitrogen and oxygen atoms in total. The molecule has 34 heavy (non-hydrogen) atoms. The summed E-state index contributed by atoms with van der Waals surface area (Å²) in [4.78, 5) is 5.07. The molecule has 0 spiro atoms. The van der Waals surface area contributed by atoms with Gasteiger partial charge in [0, 0.05) is 32.7 Å². The minimum Gasteiger partial charge on any atom is -0.496 e. The molecule has 0 saturated heterocycles. The van der Waals surface area contributed by atoms with E-state index in [1.165, 1.54) is 46.2 Å². The summed E-state index contributed by atoms with van der Waals surface area (Å²) >= 11 is 0. The number of nitrogens with zero attached hydrogens (tertiary/aromatic N) is 2. The molecule has 1 unspecified atom stereocenters. The van der Waals surface area contributed by atoms with E-state index >= 15 is 0 Å². The summed E-state index contributed by atoms with van der Waals surface area (Å²) in [5.41, 5.74) is 8.81. The van der Waals surface area contributed by atoms with Crippen LogP contribution in [0.25, 0.3) is 0 Å². The van der Waals surface area contributed by atoms with E-state index in [0.717, 1.165) is 51.3 Å². The molecule has 4 heteroatoms. The molecule has 2 aliphatic rings. The van der Waals surface area contributed by atoms with Crippen molar-refractivity contribution in [3.8, 4) is 5.75 Å². The molecular weight excluding hydrogens is 440 g/mol. The highest BCUT2D eigenvalue weighted by molar-refractivity contribution is 5.85. The second-order valence-electron chi connectivity index (χ2n) is 9.86. The summed E-state index contributed by atoms with van der Waals surface area (Å²) in [6.45, 7) is 5.38. The van der Waals surface area contributed by atoms with Crippen LogP contribution in [0.4, 0.5) is 0 Å². The predicted octanol–water partition coefficient (Wildman–Crippen LogP) is 6.23. The molecule has 3 aromatic rings. The first-order chi connectivity index (χ1) is 16.2. The van der Waals surface area contributed by atoms with Gasteiger partial charge in [0.15, 0.2) is 0 Å². The van der Waals surface area contributed by atoms with Gasteiger partial charge in [-0.2, -0.15) is 0 Å². The van der Waals surface area contributed by atoms with Crippen molar-refractivity contribution < 1.29 is 4.74 Å². The number of fused-ring (bicyclic) bond motifs is 2. The van der Waals surface area contributed by atoms with Crippen LogP contribution in [0.15, 0.2) is 66.7 Å². The van der Waals surface area contributed by atoms with E-state index in [-0.39, 0.29) is 12.4 Å². The fraction of sp³-hybridized carbons (Fsp3) is 0.400. The lowest BCUT2D eigenvalue weighted by atomic mass is 9.82. The van der Waals surface area contributed by atoms with E-state index in [0.29, 0.717) is 5.92 Å². The lowest BCUT2D eigenvalue weighted by Crippen LogP contribution is -2.28. The average molecular weight is 477 g/mol. The first-order valence-electron chi connectivity index (χ1n) is 12.4. The van der Waals surface area contributed by atoms with E-state index in [2.05, 4.69) is 83.6 Å². The number of benzene rings is 3. The molecule has 3 aromatic carbocycles. The van der Waals surface area contributed by atoms with E-state index in [4.69, 9.17) is 4.74 Å². The molecular formula is C30H37ClN2O. The molecule has 5 rings (SSSR count). The first kappa shape index (κ1) is 24.8. The van der Waals surface area contributed by atoms with Crippen LogP contribution in [0.3, 0.4) is 0 Å². The molecule has 0 N–H and O–H groups in total. The fourth-order valence-corrected chi connectivity index (χ4v) is 5.71. The maximum atomic E-state index is 5.63.